The Morgan fingerprint density at radius 3 is 2.69 bits per heavy atom. The number of carboxylic acids is 1. The molecule has 0 aromatic carbocycles. The van der Waals surface area contributed by atoms with Crippen LogP contribution in [-0.4, -0.2) is 16.0 Å². The Labute approximate surface area is 71.6 Å². The topological polar surface area (TPSA) is 107 Å². The average molecular weight is 184 g/mol. The molecule has 0 aliphatic carbocycles. The molecule has 0 saturated carbocycles. The van der Waals surface area contributed by atoms with E-state index in [2.05, 4.69) is 0 Å². The van der Waals surface area contributed by atoms with Crippen LogP contribution in [0.5, 0.6) is 0 Å². The van der Waals surface area contributed by atoms with Gasteiger partial charge in [-0.1, -0.05) is 0 Å². The molecule has 1 N–H and O–H groups in total. The van der Waals surface area contributed by atoms with Gasteiger partial charge in [-0.05, 0) is 0 Å². The van der Waals surface area contributed by atoms with Gasteiger partial charge in [-0.25, -0.2) is 4.79 Å². The summed E-state index contributed by atoms with van der Waals surface area (Å²) in [6.07, 6.45) is 1.49. The molecule has 7 heteroatoms. The van der Waals surface area contributed by atoms with Gasteiger partial charge < -0.3 is 10.3 Å². The van der Waals surface area contributed by atoms with Gasteiger partial charge in [0, 0.05) is 6.07 Å². The van der Waals surface area contributed by atoms with Crippen LogP contribution in [0, 0.1) is 15.3 Å². The number of carboxylic acid groups (broad SMARTS) is 1. The highest BCUT2D eigenvalue weighted by Crippen LogP contribution is 2.14. The van der Waals surface area contributed by atoms with Gasteiger partial charge in [-0.3, -0.25) is 10.1 Å². The Morgan fingerprint density at radius 1 is 1.62 bits per heavy atom. The summed E-state index contributed by atoms with van der Waals surface area (Å²) in [6, 6.07) is 0.882. The number of hydrogen-bond acceptors (Lipinski definition) is 4. The monoisotopic (exact) mass is 184 g/mol. The lowest BCUT2D eigenvalue weighted by molar-refractivity contribution is -0.609. The van der Waals surface area contributed by atoms with Gasteiger partial charge >= 0.3 is 11.7 Å². The molecule has 1 aromatic heterocycles. The fourth-order valence-corrected chi connectivity index (χ4v) is 0.793. The normalized spacial score (nSPS) is 9.54. The predicted molar refractivity (Wildman–Crippen MR) is 39.0 cm³/mol. The summed E-state index contributed by atoms with van der Waals surface area (Å²) >= 11 is 0. The van der Waals surface area contributed by atoms with Crippen molar-refractivity contribution in [2.45, 2.75) is 0 Å². The lowest BCUT2D eigenvalue weighted by atomic mass is 10.2. The molecule has 0 fully saturated rings. The zero-order chi connectivity index (χ0) is 10.0. The summed E-state index contributed by atoms with van der Waals surface area (Å²) in [5, 5.41) is 29.3. The Bertz CT molecular complexity index is 375. The predicted octanol–water partition coefficient (Wildman–Crippen LogP) is -0.0736. The second-order valence-corrected chi connectivity index (χ2v) is 2.17. The first-order valence-electron chi connectivity index (χ1n) is 3.13. The van der Waals surface area contributed by atoms with Crippen LogP contribution in [0.3, 0.4) is 0 Å². The van der Waals surface area contributed by atoms with E-state index in [0.29, 0.717) is 6.20 Å². The molecular weight excluding hydrogens is 180 g/mol. The highest BCUT2D eigenvalue weighted by molar-refractivity contribution is 5.91. The maximum absolute atomic E-state index is 10.6. The number of rotatable bonds is 2. The number of nitro groups is 1. The van der Waals surface area contributed by atoms with Crippen LogP contribution < -0.4 is 4.73 Å². The first-order chi connectivity index (χ1) is 6.02. The molecule has 68 valence electrons. The molecule has 0 radical (unpaired) electrons. The first-order valence-corrected chi connectivity index (χ1v) is 3.13. The van der Waals surface area contributed by atoms with Gasteiger partial charge in [0.2, 0.25) is 0 Å². The Kier molecular flexibility index (Phi) is 2.09. The molecule has 0 atom stereocenters. The van der Waals surface area contributed by atoms with Crippen molar-refractivity contribution in [1.82, 2.24) is 0 Å². The summed E-state index contributed by atoms with van der Waals surface area (Å²) in [4.78, 5) is 19.8. The van der Waals surface area contributed by atoms with Crippen molar-refractivity contribution in [3.8, 4) is 0 Å². The number of aromatic nitrogens is 1. The maximum Gasteiger partial charge on any atom is 0.348 e. The van der Waals surface area contributed by atoms with Crippen molar-refractivity contribution in [2.75, 3.05) is 0 Å². The minimum atomic E-state index is -1.44. The third-order valence-electron chi connectivity index (χ3n) is 1.34. The molecule has 0 unspecified atom stereocenters. The van der Waals surface area contributed by atoms with E-state index in [1.165, 1.54) is 0 Å². The zero-order valence-electron chi connectivity index (χ0n) is 6.21. The molecule has 0 bridgehead atoms. The standard InChI is InChI=1S/C6H4N2O5/c9-6(10)4-1-2-7(11)3-5(4)8(12)13/h1-3H,(H,9,10). The van der Waals surface area contributed by atoms with Crippen molar-refractivity contribution < 1.29 is 19.6 Å². The van der Waals surface area contributed by atoms with E-state index in [0.717, 1.165) is 12.3 Å². The van der Waals surface area contributed by atoms with E-state index < -0.39 is 22.1 Å². The van der Waals surface area contributed by atoms with Gasteiger partial charge in [0.05, 0.1) is 4.92 Å². The second kappa shape index (κ2) is 3.05. The van der Waals surface area contributed by atoms with E-state index >= 15 is 0 Å². The molecule has 0 aliphatic heterocycles. The van der Waals surface area contributed by atoms with E-state index in [-0.39, 0.29) is 4.73 Å². The first kappa shape index (κ1) is 8.91. The molecule has 1 aromatic rings. The van der Waals surface area contributed by atoms with Crippen LogP contribution in [0.1, 0.15) is 10.4 Å². The lowest BCUT2D eigenvalue weighted by Gasteiger charge is -1.97. The van der Waals surface area contributed by atoms with Gasteiger partial charge in [-0.2, -0.15) is 4.73 Å². The lowest BCUT2D eigenvalue weighted by Crippen LogP contribution is -2.26. The third kappa shape index (κ3) is 1.70. The SMILES string of the molecule is O=C(O)c1cc[n+]([O-])cc1[N+](=O)[O-]. The largest absolute Gasteiger partial charge is 0.619 e. The Balaban J connectivity index is 3.35. The van der Waals surface area contributed by atoms with Crippen molar-refractivity contribution in [3.05, 3.63) is 39.3 Å². The average Bonchev–Trinajstić information content (AvgIpc) is 2.03. The van der Waals surface area contributed by atoms with Crippen LogP contribution in [0.2, 0.25) is 0 Å². The number of nitrogens with zero attached hydrogens (tertiary/aromatic N) is 2. The van der Waals surface area contributed by atoms with Crippen molar-refractivity contribution >= 4 is 11.7 Å². The van der Waals surface area contributed by atoms with Crippen molar-refractivity contribution in [1.29, 1.82) is 0 Å². The summed E-state index contributed by atoms with van der Waals surface area (Å²) in [5.74, 6) is -1.44. The number of pyridine rings is 1. The van der Waals surface area contributed by atoms with Crippen molar-refractivity contribution in [2.24, 2.45) is 0 Å². The number of aromatic carboxylic acids is 1. The van der Waals surface area contributed by atoms with Crippen LogP contribution in [0.15, 0.2) is 18.5 Å². The van der Waals surface area contributed by atoms with Crippen LogP contribution in [0.4, 0.5) is 5.69 Å². The second-order valence-electron chi connectivity index (χ2n) is 2.17. The Hall–Kier alpha value is -2.18. The van der Waals surface area contributed by atoms with E-state index in [4.69, 9.17) is 5.11 Å². The summed E-state index contributed by atoms with van der Waals surface area (Å²) in [6.45, 7) is 0. The van der Waals surface area contributed by atoms with E-state index in [9.17, 15) is 20.1 Å². The molecular formula is C6H4N2O5. The minimum Gasteiger partial charge on any atom is -0.619 e. The van der Waals surface area contributed by atoms with Crippen LogP contribution in [0.25, 0.3) is 0 Å². The summed E-state index contributed by atoms with van der Waals surface area (Å²) in [7, 11) is 0. The quantitative estimate of drug-likeness (QED) is 0.299. The summed E-state index contributed by atoms with van der Waals surface area (Å²) < 4.78 is 0.171. The molecule has 0 saturated heterocycles. The van der Waals surface area contributed by atoms with Gasteiger partial charge in [0.15, 0.2) is 6.20 Å². The van der Waals surface area contributed by atoms with Gasteiger partial charge in [-0.15, -0.1) is 0 Å². The fourth-order valence-electron chi connectivity index (χ4n) is 0.793. The van der Waals surface area contributed by atoms with Gasteiger partial charge in [0.1, 0.15) is 5.56 Å². The molecule has 1 heterocycles. The number of hydrogen-bond donors (Lipinski definition) is 1. The highest BCUT2D eigenvalue weighted by Gasteiger charge is 2.22. The highest BCUT2D eigenvalue weighted by atomic mass is 16.6. The molecule has 0 aliphatic rings. The smallest absolute Gasteiger partial charge is 0.348 e. The molecule has 0 amide bonds. The summed E-state index contributed by atoms with van der Waals surface area (Å²) in [5.41, 5.74) is -1.22. The molecule has 7 nitrogen and oxygen atoms in total. The zero-order valence-corrected chi connectivity index (χ0v) is 6.21. The van der Waals surface area contributed by atoms with Crippen LogP contribution >= 0.6 is 0 Å². The molecule has 0 spiro atoms. The van der Waals surface area contributed by atoms with Crippen LogP contribution in [-0.2, 0) is 0 Å². The minimum absolute atomic E-state index is 0.171. The third-order valence-corrected chi connectivity index (χ3v) is 1.34. The van der Waals surface area contributed by atoms with E-state index in [1.54, 1.807) is 0 Å². The molecule has 1 rings (SSSR count). The Morgan fingerprint density at radius 2 is 2.23 bits per heavy atom. The van der Waals surface area contributed by atoms with Crippen molar-refractivity contribution in [3.63, 3.8) is 0 Å². The van der Waals surface area contributed by atoms with Gasteiger partial charge in [0.25, 0.3) is 6.20 Å². The maximum atomic E-state index is 10.6. The number of carbonyl (C=O) groups is 1. The fraction of sp³-hybridized carbons (Fsp3) is 0. The molecule has 13 heavy (non-hydrogen) atoms. The van der Waals surface area contributed by atoms with E-state index in [1.807, 2.05) is 0 Å².